The second-order valence-corrected chi connectivity index (χ2v) is 4.20. The molecule has 0 fully saturated rings. The van der Waals surface area contributed by atoms with E-state index >= 15 is 0 Å². The molecule has 0 saturated heterocycles. The van der Waals surface area contributed by atoms with Gasteiger partial charge in [-0.1, -0.05) is 24.3 Å². The first-order chi connectivity index (χ1) is 9.00. The highest BCUT2D eigenvalue weighted by Gasteiger charge is 2.33. The van der Waals surface area contributed by atoms with Crippen LogP contribution in [0.25, 0.3) is 0 Å². The summed E-state index contributed by atoms with van der Waals surface area (Å²) in [6.45, 7) is 0.998. The second-order valence-electron chi connectivity index (χ2n) is 4.20. The highest BCUT2D eigenvalue weighted by molar-refractivity contribution is 5.27. The fraction of sp³-hybridized carbons (Fsp3) is 0.308. The summed E-state index contributed by atoms with van der Waals surface area (Å²) in [4.78, 5) is 0. The first-order valence-corrected chi connectivity index (χ1v) is 5.82. The van der Waals surface area contributed by atoms with E-state index in [0.29, 0.717) is 13.1 Å². The van der Waals surface area contributed by atoms with Crippen LogP contribution < -0.4 is 5.32 Å². The second kappa shape index (κ2) is 5.44. The molecule has 0 amide bonds. The molecular weight excluding hydrogens is 255 g/mol. The minimum Gasteiger partial charge on any atom is -0.316 e. The van der Waals surface area contributed by atoms with Crippen LogP contribution in [0.15, 0.2) is 36.5 Å². The van der Waals surface area contributed by atoms with Crippen LogP contribution in [0.2, 0.25) is 0 Å². The van der Waals surface area contributed by atoms with Crippen LogP contribution in [0.4, 0.5) is 13.2 Å². The number of benzene rings is 1. The number of rotatable bonds is 4. The highest BCUT2D eigenvalue weighted by atomic mass is 19.4. The van der Waals surface area contributed by atoms with Crippen molar-refractivity contribution in [1.82, 2.24) is 15.1 Å². The maximum absolute atomic E-state index is 12.5. The van der Waals surface area contributed by atoms with Crippen LogP contribution in [0.5, 0.6) is 0 Å². The van der Waals surface area contributed by atoms with Gasteiger partial charge in [0.1, 0.15) is 0 Å². The molecule has 1 N–H and O–H groups in total. The van der Waals surface area contributed by atoms with Crippen molar-refractivity contribution in [3.63, 3.8) is 0 Å². The fourth-order valence-electron chi connectivity index (χ4n) is 1.85. The molecule has 6 heteroatoms. The number of alkyl halides is 3. The Labute approximate surface area is 109 Å². The quantitative estimate of drug-likeness (QED) is 0.924. The monoisotopic (exact) mass is 269 g/mol. The van der Waals surface area contributed by atoms with Crippen molar-refractivity contribution in [3.05, 3.63) is 53.3 Å². The predicted molar refractivity (Wildman–Crippen MR) is 65.5 cm³/mol. The van der Waals surface area contributed by atoms with Crippen LogP contribution in [0.1, 0.15) is 16.8 Å². The average molecular weight is 269 g/mol. The molecule has 2 rings (SSSR count). The molecule has 0 atom stereocenters. The summed E-state index contributed by atoms with van der Waals surface area (Å²) in [5.41, 5.74) is 1.14. The summed E-state index contributed by atoms with van der Waals surface area (Å²) < 4.78 is 38.7. The van der Waals surface area contributed by atoms with Crippen LogP contribution in [-0.2, 0) is 19.3 Å². The van der Waals surface area contributed by atoms with Gasteiger partial charge in [0.25, 0.3) is 0 Å². The van der Waals surface area contributed by atoms with Crippen LogP contribution in [0.3, 0.4) is 0 Å². The van der Waals surface area contributed by atoms with E-state index in [4.69, 9.17) is 0 Å². The molecule has 0 aliphatic rings. The van der Waals surface area contributed by atoms with E-state index in [1.807, 2.05) is 31.3 Å². The minimum absolute atomic E-state index is 0.327. The summed E-state index contributed by atoms with van der Waals surface area (Å²) >= 11 is 0. The molecule has 1 aromatic carbocycles. The molecule has 0 radical (unpaired) electrons. The van der Waals surface area contributed by atoms with Gasteiger partial charge >= 0.3 is 6.18 Å². The van der Waals surface area contributed by atoms with E-state index in [9.17, 15) is 13.2 Å². The van der Waals surface area contributed by atoms with Gasteiger partial charge in [0.05, 0.1) is 6.54 Å². The molecule has 0 spiro atoms. The lowest BCUT2D eigenvalue weighted by atomic mass is 10.1. The summed E-state index contributed by atoms with van der Waals surface area (Å²) in [5, 5.41) is 6.58. The number of halogens is 3. The lowest BCUT2D eigenvalue weighted by Gasteiger charge is -2.09. The molecule has 2 aromatic rings. The third-order valence-corrected chi connectivity index (χ3v) is 2.75. The smallest absolute Gasteiger partial charge is 0.316 e. The van der Waals surface area contributed by atoms with Crippen molar-refractivity contribution in [2.24, 2.45) is 0 Å². The number of nitrogens with zero attached hydrogens (tertiary/aromatic N) is 2. The number of hydrogen-bond acceptors (Lipinski definition) is 2. The molecule has 1 aromatic heterocycles. The van der Waals surface area contributed by atoms with Gasteiger partial charge in [-0.3, -0.25) is 4.68 Å². The van der Waals surface area contributed by atoms with Crippen LogP contribution in [-0.4, -0.2) is 16.8 Å². The van der Waals surface area contributed by atoms with Gasteiger partial charge < -0.3 is 5.32 Å². The molecule has 1 heterocycles. The Bertz CT molecular complexity index is 546. The van der Waals surface area contributed by atoms with Crippen molar-refractivity contribution in [1.29, 1.82) is 0 Å². The van der Waals surface area contributed by atoms with Crippen molar-refractivity contribution >= 4 is 0 Å². The Hall–Kier alpha value is -1.82. The topological polar surface area (TPSA) is 29.9 Å². The molecule has 0 bridgehead atoms. The van der Waals surface area contributed by atoms with Crippen LogP contribution in [0, 0.1) is 0 Å². The van der Waals surface area contributed by atoms with E-state index in [1.54, 1.807) is 0 Å². The summed E-state index contributed by atoms with van der Waals surface area (Å²) in [5.74, 6) is 0. The SMILES string of the molecule is CNCc1ccccc1Cn1ccc(C(F)(F)F)n1. The Morgan fingerprint density at radius 3 is 2.42 bits per heavy atom. The van der Waals surface area contributed by atoms with E-state index in [2.05, 4.69) is 10.4 Å². The maximum Gasteiger partial charge on any atom is 0.435 e. The Kier molecular flexibility index (Phi) is 3.90. The van der Waals surface area contributed by atoms with E-state index in [-0.39, 0.29) is 0 Å². The summed E-state index contributed by atoms with van der Waals surface area (Å²) in [6.07, 6.45) is -3.05. The Morgan fingerprint density at radius 1 is 1.16 bits per heavy atom. The number of aromatic nitrogens is 2. The molecular formula is C13H14F3N3. The zero-order valence-electron chi connectivity index (χ0n) is 10.4. The molecule has 0 unspecified atom stereocenters. The number of hydrogen-bond donors (Lipinski definition) is 1. The molecule has 3 nitrogen and oxygen atoms in total. The third kappa shape index (κ3) is 3.35. The van der Waals surface area contributed by atoms with Gasteiger partial charge in [0.15, 0.2) is 5.69 Å². The van der Waals surface area contributed by atoms with E-state index in [0.717, 1.165) is 17.2 Å². The minimum atomic E-state index is -4.39. The van der Waals surface area contributed by atoms with Gasteiger partial charge in [-0.05, 0) is 24.2 Å². The maximum atomic E-state index is 12.5. The molecule has 102 valence electrons. The van der Waals surface area contributed by atoms with E-state index in [1.165, 1.54) is 10.9 Å². The zero-order chi connectivity index (χ0) is 13.9. The molecule has 0 saturated carbocycles. The third-order valence-electron chi connectivity index (χ3n) is 2.75. The van der Waals surface area contributed by atoms with Crippen molar-refractivity contribution in [3.8, 4) is 0 Å². The number of nitrogens with one attached hydrogen (secondary N) is 1. The van der Waals surface area contributed by atoms with Gasteiger partial charge in [0, 0.05) is 12.7 Å². The average Bonchev–Trinajstić information content (AvgIpc) is 2.80. The Balaban J connectivity index is 2.19. The van der Waals surface area contributed by atoms with Gasteiger partial charge in [0.2, 0.25) is 0 Å². The molecule has 19 heavy (non-hydrogen) atoms. The first kappa shape index (κ1) is 13.6. The van der Waals surface area contributed by atoms with Crippen molar-refractivity contribution in [2.45, 2.75) is 19.3 Å². The largest absolute Gasteiger partial charge is 0.435 e. The lowest BCUT2D eigenvalue weighted by Crippen LogP contribution is -2.11. The van der Waals surface area contributed by atoms with E-state index < -0.39 is 11.9 Å². The van der Waals surface area contributed by atoms with Gasteiger partial charge in [-0.15, -0.1) is 0 Å². The Morgan fingerprint density at radius 2 is 1.84 bits per heavy atom. The van der Waals surface area contributed by atoms with Crippen molar-refractivity contribution in [2.75, 3.05) is 7.05 Å². The van der Waals surface area contributed by atoms with Gasteiger partial charge in [-0.25, -0.2) is 0 Å². The highest BCUT2D eigenvalue weighted by Crippen LogP contribution is 2.27. The summed E-state index contributed by atoms with van der Waals surface area (Å²) in [7, 11) is 1.83. The zero-order valence-corrected chi connectivity index (χ0v) is 10.4. The standard InChI is InChI=1S/C13H14F3N3/c1-17-8-10-4-2-3-5-11(10)9-19-7-6-12(18-19)13(14,15)16/h2-7,17H,8-9H2,1H3. The normalized spacial score (nSPS) is 11.8. The summed E-state index contributed by atoms with van der Waals surface area (Å²) in [6, 6.07) is 8.59. The van der Waals surface area contributed by atoms with Crippen LogP contribution >= 0.6 is 0 Å². The molecule has 0 aliphatic carbocycles. The predicted octanol–water partition coefficient (Wildman–Crippen LogP) is 2.67. The lowest BCUT2D eigenvalue weighted by molar-refractivity contribution is -0.141. The fourth-order valence-corrected chi connectivity index (χ4v) is 1.85. The van der Waals surface area contributed by atoms with Gasteiger partial charge in [-0.2, -0.15) is 18.3 Å². The van der Waals surface area contributed by atoms with Crippen molar-refractivity contribution < 1.29 is 13.2 Å². The molecule has 0 aliphatic heterocycles. The first-order valence-electron chi connectivity index (χ1n) is 5.82.